The van der Waals surface area contributed by atoms with Crippen LogP contribution in [0.4, 0.5) is 22.0 Å². The molecule has 3 aromatic rings. The highest BCUT2D eigenvalue weighted by molar-refractivity contribution is 5.85. The van der Waals surface area contributed by atoms with Gasteiger partial charge in [-0.1, -0.05) is 101 Å². The van der Waals surface area contributed by atoms with Crippen LogP contribution in [0.2, 0.25) is 0 Å². The molecule has 0 saturated heterocycles. The Labute approximate surface area is 222 Å². The zero-order chi connectivity index (χ0) is 27.1. The van der Waals surface area contributed by atoms with Crippen LogP contribution in [0.25, 0.3) is 10.8 Å². The van der Waals surface area contributed by atoms with Crippen LogP contribution in [0.5, 0.6) is 0 Å². The Morgan fingerprint density at radius 3 is 2.21 bits per heavy atom. The van der Waals surface area contributed by atoms with Crippen LogP contribution in [-0.4, -0.2) is 0 Å². The second-order valence-electron chi connectivity index (χ2n) is 10.7. The maximum atomic E-state index is 15.1. The van der Waals surface area contributed by atoms with Gasteiger partial charge in [0, 0.05) is 10.9 Å². The Bertz CT molecular complexity index is 1290. The van der Waals surface area contributed by atoms with Crippen LogP contribution < -0.4 is 0 Å². The van der Waals surface area contributed by atoms with Crippen molar-refractivity contribution in [3.05, 3.63) is 82.4 Å². The third kappa shape index (κ3) is 7.37. The van der Waals surface area contributed by atoms with Crippen LogP contribution in [0, 0.1) is 35.3 Å². The van der Waals surface area contributed by atoms with Gasteiger partial charge in [0.05, 0.1) is 11.1 Å². The number of halogens is 5. The van der Waals surface area contributed by atoms with E-state index in [0.717, 1.165) is 42.2 Å². The van der Waals surface area contributed by atoms with Crippen molar-refractivity contribution in [2.24, 2.45) is 11.8 Å². The second-order valence-corrected chi connectivity index (χ2v) is 10.7. The summed E-state index contributed by atoms with van der Waals surface area (Å²) in [6.45, 7) is 2.25. The molecule has 0 spiro atoms. The lowest BCUT2D eigenvalue weighted by molar-refractivity contribution is -0.140. The van der Waals surface area contributed by atoms with Crippen LogP contribution in [0.3, 0.4) is 0 Å². The Kier molecular flexibility index (Phi) is 9.47. The minimum Gasteiger partial charge on any atom is -0.206 e. The number of hydrogen-bond acceptors (Lipinski definition) is 0. The number of alkyl halides is 3. The number of aryl methyl sites for hydroxylation is 1. The third-order valence-electron chi connectivity index (χ3n) is 7.91. The Morgan fingerprint density at radius 2 is 1.53 bits per heavy atom. The fourth-order valence-electron chi connectivity index (χ4n) is 5.60. The molecule has 0 N–H and O–H groups in total. The van der Waals surface area contributed by atoms with E-state index < -0.39 is 23.4 Å². The van der Waals surface area contributed by atoms with E-state index in [2.05, 4.69) is 18.8 Å². The van der Waals surface area contributed by atoms with Gasteiger partial charge in [-0.05, 0) is 59.9 Å². The molecule has 0 bridgehead atoms. The molecule has 3 aromatic carbocycles. The highest BCUT2D eigenvalue weighted by Gasteiger charge is 2.33. The van der Waals surface area contributed by atoms with E-state index in [-0.39, 0.29) is 11.1 Å². The van der Waals surface area contributed by atoms with Gasteiger partial charge in [0.1, 0.15) is 11.6 Å². The van der Waals surface area contributed by atoms with Crippen molar-refractivity contribution in [2.45, 2.75) is 83.7 Å². The summed E-state index contributed by atoms with van der Waals surface area (Å²) >= 11 is 0. The van der Waals surface area contributed by atoms with Crippen molar-refractivity contribution in [3.8, 4) is 11.8 Å². The molecule has 0 heterocycles. The number of hydrogen-bond donors (Lipinski definition) is 0. The van der Waals surface area contributed by atoms with Gasteiger partial charge >= 0.3 is 6.18 Å². The minimum absolute atomic E-state index is 0.0517. The maximum Gasteiger partial charge on any atom is 0.419 e. The molecular formula is C33H35F5. The summed E-state index contributed by atoms with van der Waals surface area (Å²) in [5.74, 6) is 5.01. The lowest BCUT2D eigenvalue weighted by Crippen LogP contribution is -2.15. The van der Waals surface area contributed by atoms with Crippen molar-refractivity contribution in [1.29, 1.82) is 0 Å². The van der Waals surface area contributed by atoms with Gasteiger partial charge in [-0.2, -0.15) is 13.2 Å². The predicted molar refractivity (Wildman–Crippen MR) is 144 cm³/mol. The normalized spacial score (nSPS) is 17.8. The van der Waals surface area contributed by atoms with Gasteiger partial charge in [-0.25, -0.2) is 8.78 Å². The molecule has 5 heteroatoms. The average Bonchev–Trinajstić information content (AvgIpc) is 2.89. The van der Waals surface area contributed by atoms with E-state index >= 15 is 4.39 Å². The lowest BCUT2D eigenvalue weighted by Gasteiger charge is -2.28. The van der Waals surface area contributed by atoms with Gasteiger partial charge in [0.25, 0.3) is 0 Å². The van der Waals surface area contributed by atoms with Crippen LogP contribution >= 0.6 is 0 Å². The third-order valence-corrected chi connectivity index (χ3v) is 7.91. The predicted octanol–water partition coefficient (Wildman–Crippen LogP) is 10.2. The summed E-state index contributed by atoms with van der Waals surface area (Å²) < 4.78 is 67.2. The van der Waals surface area contributed by atoms with E-state index in [1.54, 1.807) is 12.1 Å². The summed E-state index contributed by atoms with van der Waals surface area (Å²) in [6.07, 6.45) is 9.45. The largest absolute Gasteiger partial charge is 0.419 e. The summed E-state index contributed by atoms with van der Waals surface area (Å²) in [5.41, 5.74) is 0.0201. The van der Waals surface area contributed by atoms with Crippen LogP contribution in [0.15, 0.2) is 48.5 Å². The molecule has 0 unspecified atom stereocenters. The molecular weight excluding hydrogens is 491 g/mol. The van der Waals surface area contributed by atoms with E-state index in [1.807, 2.05) is 18.2 Å². The molecule has 0 nitrogen and oxygen atoms in total. The molecule has 1 saturated carbocycles. The highest BCUT2D eigenvalue weighted by Crippen LogP contribution is 2.35. The SMILES string of the molecule is CCCCCCC1CCC(CCc2ccc3c(F)c(C#Cc4ccc(C(F)(F)F)c(F)c4)ccc3c2)CC1. The molecule has 202 valence electrons. The zero-order valence-electron chi connectivity index (χ0n) is 21.9. The van der Waals surface area contributed by atoms with Crippen molar-refractivity contribution >= 4 is 10.8 Å². The molecule has 0 atom stereocenters. The zero-order valence-corrected chi connectivity index (χ0v) is 21.9. The first-order chi connectivity index (χ1) is 18.2. The number of unbranched alkanes of at least 4 members (excludes halogenated alkanes) is 3. The smallest absolute Gasteiger partial charge is 0.206 e. The highest BCUT2D eigenvalue weighted by atomic mass is 19.4. The van der Waals surface area contributed by atoms with Crippen LogP contribution in [0.1, 0.15) is 93.4 Å². The quantitative estimate of drug-likeness (QED) is 0.156. The Balaban J connectivity index is 1.35. The van der Waals surface area contributed by atoms with E-state index in [4.69, 9.17) is 0 Å². The van der Waals surface area contributed by atoms with E-state index in [9.17, 15) is 17.6 Å². The summed E-state index contributed by atoms with van der Waals surface area (Å²) in [7, 11) is 0. The van der Waals surface area contributed by atoms with Gasteiger partial charge in [-0.3, -0.25) is 0 Å². The Morgan fingerprint density at radius 1 is 0.789 bits per heavy atom. The fraction of sp³-hybridized carbons (Fsp3) is 0.455. The molecule has 1 aliphatic carbocycles. The second kappa shape index (κ2) is 12.8. The van der Waals surface area contributed by atoms with Crippen molar-refractivity contribution in [1.82, 2.24) is 0 Å². The van der Waals surface area contributed by atoms with Crippen LogP contribution in [-0.2, 0) is 12.6 Å². The maximum absolute atomic E-state index is 15.1. The molecule has 38 heavy (non-hydrogen) atoms. The fourth-order valence-corrected chi connectivity index (χ4v) is 5.60. The summed E-state index contributed by atoms with van der Waals surface area (Å²) in [6, 6.07) is 11.6. The molecule has 0 amide bonds. The summed E-state index contributed by atoms with van der Waals surface area (Å²) in [4.78, 5) is 0. The average molecular weight is 527 g/mol. The van der Waals surface area contributed by atoms with Crippen molar-refractivity contribution in [3.63, 3.8) is 0 Å². The van der Waals surface area contributed by atoms with E-state index in [0.29, 0.717) is 11.5 Å². The van der Waals surface area contributed by atoms with Gasteiger partial charge in [0.2, 0.25) is 0 Å². The summed E-state index contributed by atoms with van der Waals surface area (Å²) in [5, 5.41) is 1.24. The molecule has 0 aromatic heterocycles. The molecule has 1 fully saturated rings. The van der Waals surface area contributed by atoms with Gasteiger partial charge in [0.15, 0.2) is 0 Å². The molecule has 0 aliphatic heterocycles. The minimum atomic E-state index is -4.77. The van der Waals surface area contributed by atoms with Gasteiger partial charge < -0.3 is 0 Å². The van der Waals surface area contributed by atoms with E-state index in [1.165, 1.54) is 63.4 Å². The topological polar surface area (TPSA) is 0 Å². The Hall–Kier alpha value is -2.87. The first kappa shape index (κ1) is 28.1. The molecule has 0 radical (unpaired) electrons. The number of benzene rings is 3. The van der Waals surface area contributed by atoms with Crippen molar-refractivity contribution in [2.75, 3.05) is 0 Å². The monoisotopic (exact) mass is 526 g/mol. The van der Waals surface area contributed by atoms with Gasteiger partial charge in [-0.15, -0.1) is 0 Å². The lowest BCUT2D eigenvalue weighted by atomic mass is 9.77. The number of rotatable bonds is 8. The standard InChI is InChI=1S/C33H35F5/c1-2-3-4-5-6-23-7-9-24(10-8-23)11-12-25-14-19-29-28(21-25)18-17-27(32(29)35)16-13-26-15-20-30(31(34)22-26)33(36,37)38/h14-15,17-24H,2-12H2,1H3. The van der Waals surface area contributed by atoms with Crippen molar-refractivity contribution < 1.29 is 22.0 Å². The first-order valence-corrected chi connectivity index (χ1v) is 13.8. The molecule has 1 aliphatic rings. The number of fused-ring (bicyclic) bond motifs is 1. The first-order valence-electron chi connectivity index (χ1n) is 13.8. The molecule has 4 rings (SSSR count).